The number of ether oxygens (including phenoxy) is 1. The first-order valence-electron chi connectivity index (χ1n) is 9.89. The van der Waals surface area contributed by atoms with Gasteiger partial charge >= 0.3 is 0 Å². The lowest BCUT2D eigenvalue weighted by Crippen LogP contribution is -2.24. The largest absolute Gasteiger partial charge is 0.487 e. The van der Waals surface area contributed by atoms with Gasteiger partial charge in [0, 0.05) is 24.3 Å². The van der Waals surface area contributed by atoms with E-state index in [1.54, 1.807) is 36.1 Å². The number of rotatable bonds is 7. The number of Topliss-reactive ketones (excluding diaryl/α,β-unsaturated/α-hetero) is 1. The van der Waals surface area contributed by atoms with Crippen LogP contribution in [0.5, 0.6) is 5.75 Å². The molecule has 1 amide bonds. The van der Waals surface area contributed by atoms with Crippen molar-refractivity contribution in [3.8, 4) is 5.75 Å². The van der Waals surface area contributed by atoms with Crippen LogP contribution in [0, 0.1) is 20.8 Å². The molecule has 0 bridgehead atoms. The average Bonchev–Trinajstić information content (AvgIpc) is 3.16. The third-order valence-electron chi connectivity index (χ3n) is 4.79. The highest BCUT2D eigenvalue weighted by Gasteiger charge is 2.22. The van der Waals surface area contributed by atoms with E-state index in [0.29, 0.717) is 22.9 Å². The van der Waals surface area contributed by atoms with Gasteiger partial charge in [0.05, 0.1) is 11.4 Å². The monoisotopic (exact) mass is 422 g/mol. The number of carbonyl (C=O) groups is 2. The van der Waals surface area contributed by atoms with Gasteiger partial charge in [0.1, 0.15) is 12.4 Å². The van der Waals surface area contributed by atoms with Crippen molar-refractivity contribution in [1.29, 1.82) is 0 Å². The maximum atomic E-state index is 12.5. The lowest BCUT2D eigenvalue weighted by atomic mass is 10.0. The predicted octanol–water partition coefficient (Wildman–Crippen LogP) is 5.92. The molecule has 1 heterocycles. The van der Waals surface area contributed by atoms with Crippen LogP contribution in [0.1, 0.15) is 53.0 Å². The van der Waals surface area contributed by atoms with Crippen molar-refractivity contribution >= 4 is 33.8 Å². The molecule has 0 saturated carbocycles. The van der Waals surface area contributed by atoms with E-state index in [0.717, 1.165) is 28.1 Å². The van der Waals surface area contributed by atoms with Gasteiger partial charge in [-0.25, -0.2) is 4.98 Å². The summed E-state index contributed by atoms with van der Waals surface area (Å²) in [6.07, 6.45) is 0.481. The van der Waals surface area contributed by atoms with Crippen LogP contribution in [-0.2, 0) is 11.4 Å². The van der Waals surface area contributed by atoms with Crippen molar-refractivity contribution in [1.82, 2.24) is 4.98 Å². The van der Waals surface area contributed by atoms with E-state index in [2.05, 4.69) is 17.1 Å². The van der Waals surface area contributed by atoms with E-state index in [1.165, 1.54) is 11.3 Å². The zero-order chi connectivity index (χ0) is 21.8. The molecule has 0 spiro atoms. The van der Waals surface area contributed by atoms with Gasteiger partial charge in [0.25, 0.3) is 0 Å². The minimum Gasteiger partial charge on any atom is -0.487 e. The van der Waals surface area contributed by atoms with Gasteiger partial charge in [-0.1, -0.05) is 24.6 Å². The van der Waals surface area contributed by atoms with Gasteiger partial charge in [-0.15, -0.1) is 11.3 Å². The summed E-state index contributed by atoms with van der Waals surface area (Å²) in [5.74, 6) is 0.700. The van der Waals surface area contributed by atoms with E-state index in [4.69, 9.17) is 4.74 Å². The molecule has 0 radical (unpaired) electrons. The molecule has 3 aromatic rings. The molecule has 0 N–H and O–H groups in total. The Balaban J connectivity index is 1.77. The highest BCUT2D eigenvalue weighted by atomic mass is 32.1. The Morgan fingerprint density at radius 1 is 1.07 bits per heavy atom. The van der Waals surface area contributed by atoms with E-state index in [-0.39, 0.29) is 18.3 Å². The van der Waals surface area contributed by atoms with Crippen LogP contribution in [0.2, 0.25) is 0 Å². The third-order valence-corrected chi connectivity index (χ3v) is 5.66. The fourth-order valence-corrected chi connectivity index (χ4v) is 4.33. The number of amides is 1. The first-order chi connectivity index (χ1) is 14.3. The molecular weight excluding hydrogens is 396 g/mol. The lowest BCUT2D eigenvalue weighted by Gasteiger charge is -2.23. The summed E-state index contributed by atoms with van der Waals surface area (Å²) in [5.41, 5.74) is 5.55. The average molecular weight is 423 g/mol. The third kappa shape index (κ3) is 4.76. The van der Waals surface area contributed by atoms with Crippen molar-refractivity contribution in [2.75, 3.05) is 4.90 Å². The van der Waals surface area contributed by atoms with Crippen molar-refractivity contribution in [2.45, 2.75) is 47.6 Å². The summed E-state index contributed by atoms with van der Waals surface area (Å²) in [6.45, 7) is 9.75. The summed E-state index contributed by atoms with van der Waals surface area (Å²) in [5, 5.41) is 2.53. The maximum absolute atomic E-state index is 12.5. The molecule has 3 rings (SSSR count). The van der Waals surface area contributed by atoms with E-state index < -0.39 is 0 Å². The van der Waals surface area contributed by atoms with Crippen LogP contribution in [0.3, 0.4) is 0 Å². The zero-order valence-corrected chi connectivity index (χ0v) is 18.8. The normalized spacial score (nSPS) is 10.7. The summed E-state index contributed by atoms with van der Waals surface area (Å²) in [4.78, 5) is 30.5. The number of aryl methyl sites for hydroxylation is 3. The van der Waals surface area contributed by atoms with Crippen LogP contribution in [0.25, 0.3) is 0 Å². The molecule has 0 aliphatic heterocycles. The van der Waals surface area contributed by atoms with Crippen LogP contribution in [0.4, 0.5) is 10.8 Å². The second-order valence-electron chi connectivity index (χ2n) is 7.31. The smallest absolute Gasteiger partial charge is 0.230 e. The molecule has 0 fully saturated rings. The van der Waals surface area contributed by atoms with Crippen LogP contribution < -0.4 is 9.64 Å². The lowest BCUT2D eigenvalue weighted by molar-refractivity contribution is -0.115. The molecule has 0 atom stereocenters. The second-order valence-corrected chi connectivity index (χ2v) is 8.15. The van der Waals surface area contributed by atoms with Gasteiger partial charge in [-0.05, 0) is 56.2 Å². The standard InChI is InChI=1S/C24H26N2O3S/c1-6-22(28)19-7-9-21(10-8-19)29-13-20-14-30-24(25-20)26(18(5)27)23-16(3)11-15(2)12-17(23)4/h7-12,14H,6,13H2,1-5H3. The van der Waals surface area contributed by atoms with Gasteiger partial charge < -0.3 is 4.74 Å². The molecule has 1 aromatic heterocycles. The molecule has 156 valence electrons. The fourth-order valence-electron chi connectivity index (χ4n) is 3.48. The molecular formula is C24H26N2O3S. The molecule has 2 aromatic carbocycles. The Morgan fingerprint density at radius 2 is 1.70 bits per heavy atom. The van der Waals surface area contributed by atoms with Gasteiger partial charge in [0.15, 0.2) is 10.9 Å². The van der Waals surface area contributed by atoms with Gasteiger partial charge in [-0.3, -0.25) is 14.5 Å². The molecule has 0 unspecified atom stereocenters. The molecule has 0 saturated heterocycles. The van der Waals surface area contributed by atoms with Crippen molar-refractivity contribution in [3.63, 3.8) is 0 Å². The molecule has 0 aliphatic carbocycles. The maximum Gasteiger partial charge on any atom is 0.230 e. The van der Waals surface area contributed by atoms with Gasteiger partial charge in [-0.2, -0.15) is 0 Å². The van der Waals surface area contributed by atoms with Crippen molar-refractivity contribution in [2.24, 2.45) is 0 Å². The number of carbonyl (C=O) groups excluding carboxylic acids is 2. The molecule has 30 heavy (non-hydrogen) atoms. The Labute approximate surface area is 181 Å². The summed E-state index contributed by atoms with van der Waals surface area (Å²) in [6, 6.07) is 11.3. The summed E-state index contributed by atoms with van der Waals surface area (Å²) < 4.78 is 5.81. The minimum absolute atomic E-state index is 0.0805. The van der Waals surface area contributed by atoms with Crippen molar-refractivity contribution < 1.29 is 14.3 Å². The minimum atomic E-state index is -0.0805. The first kappa shape index (κ1) is 21.7. The fraction of sp³-hybridized carbons (Fsp3) is 0.292. The number of nitrogens with zero attached hydrogens (tertiary/aromatic N) is 2. The Bertz CT molecular complexity index is 1050. The number of aromatic nitrogens is 1. The van der Waals surface area contributed by atoms with Crippen LogP contribution in [0.15, 0.2) is 41.8 Å². The Morgan fingerprint density at radius 3 is 2.27 bits per heavy atom. The highest BCUT2D eigenvalue weighted by molar-refractivity contribution is 7.14. The van der Waals surface area contributed by atoms with E-state index in [1.807, 2.05) is 33.1 Å². The quantitative estimate of drug-likeness (QED) is 0.443. The first-order valence-corrected chi connectivity index (χ1v) is 10.8. The van der Waals surface area contributed by atoms with Crippen LogP contribution in [-0.4, -0.2) is 16.7 Å². The second kappa shape index (κ2) is 9.22. The number of hydrogen-bond donors (Lipinski definition) is 0. The summed E-state index contributed by atoms with van der Waals surface area (Å²) in [7, 11) is 0. The topological polar surface area (TPSA) is 59.5 Å². The SMILES string of the molecule is CCC(=O)c1ccc(OCc2csc(N(C(C)=O)c3c(C)cc(C)cc3C)n2)cc1. The number of thiazole rings is 1. The molecule has 5 nitrogen and oxygen atoms in total. The molecule has 6 heteroatoms. The van der Waals surface area contributed by atoms with Crippen LogP contribution >= 0.6 is 11.3 Å². The van der Waals surface area contributed by atoms with Crippen molar-refractivity contribution in [3.05, 3.63) is 69.7 Å². The summed E-state index contributed by atoms with van der Waals surface area (Å²) >= 11 is 1.42. The molecule has 0 aliphatic rings. The van der Waals surface area contributed by atoms with E-state index >= 15 is 0 Å². The Kier molecular flexibility index (Phi) is 6.67. The number of ketones is 1. The predicted molar refractivity (Wildman–Crippen MR) is 121 cm³/mol. The zero-order valence-electron chi connectivity index (χ0n) is 18.0. The van der Waals surface area contributed by atoms with Gasteiger partial charge in [0.2, 0.25) is 5.91 Å². The Hall–Kier alpha value is -2.99. The number of hydrogen-bond acceptors (Lipinski definition) is 5. The highest BCUT2D eigenvalue weighted by Crippen LogP contribution is 2.34. The van der Waals surface area contributed by atoms with E-state index in [9.17, 15) is 9.59 Å². The number of anilines is 2. The number of benzene rings is 2.